The SMILES string of the molecule is CC1(C)CCC(C)(C)c2c1ccc1c2c2cc3ccccc3cc2n1-c1ccc2cc(-c3nc(-c4ccccc4)nc(-c4cccc5ccccc45)n3)ccc2c1. The number of fused-ring (bicyclic) bond motifs is 8. The highest BCUT2D eigenvalue weighted by Gasteiger charge is 2.39. The van der Waals surface area contributed by atoms with Crippen molar-refractivity contribution in [2.24, 2.45) is 0 Å². The van der Waals surface area contributed by atoms with Gasteiger partial charge < -0.3 is 4.57 Å². The molecule has 10 aromatic rings. The normalized spacial score (nSPS) is 14.8. The molecule has 1 aliphatic rings. The lowest BCUT2D eigenvalue weighted by molar-refractivity contribution is 0.334. The second-order valence-corrected chi connectivity index (χ2v) is 17.1. The van der Waals surface area contributed by atoms with Crippen LogP contribution in [0.15, 0.2) is 158 Å². The second kappa shape index (κ2) is 12.4. The first-order valence-electron chi connectivity index (χ1n) is 20.1. The van der Waals surface area contributed by atoms with E-state index in [1.54, 1.807) is 0 Å². The van der Waals surface area contributed by atoms with E-state index in [0.717, 1.165) is 43.9 Å². The molecule has 0 aliphatic heterocycles. The molecular weight excluding hydrogens is 693 g/mol. The van der Waals surface area contributed by atoms with Crippen LogP contribution in [0.1, 0.15) is 51.7 Å². The molecule has 0 radical (unpaired) electrons. The minimum Gasteiger partial charge on any atom is -0.309 e. The summed E-state index contributed by atoms with van der Waals surface area (Å²) in [5, 5.41) is 9.83. The molecule has 0 bridgehead atoms. The van der Waals surface area contributed by atoms with Crippen LogP contribution in [0.4, 0.5) is 0 Å². The molecule has 0 N–H and O–H groups in total. The van der Waals surface area contributed by atoms with Gasteiger partial charge in [0, 0.05) is 33.2 Å². The van der Waals surface area contributed by atoms with E-state index in [1.165, 1.54) is 56.5 Å². The van der Waals surface area contributed by atoms with Crippen LogP contribution in [-0.4, -0.2) is 19.5 Å². The molecule has 57 heavy (non-hydrogen) atoms. The molecule has 0 unspecified atom stereocenters. The van der Waals surface area contributed by atoms with Crippen molar-refractivity contribution in [3.8, 4) is 39.9 Å². The van der Waals surface area contributed by atoms with Gasteiger partial charge in [-0.1, -0.05) is 149 Å². The minimum absolute atomic E-state index is 0.0672. The van der Waals surface area contributed by atoms with Crippen molar-refractivity contribution in [1.82, 2.24) is 19.5 Å². The fourth-order valence-corrected chi connectivity index (χ4v) is 9.50. The Balaban J connectivity index is 1.09. The van der Waals surface area contributed by atoms with E-state index in [0.29, 0.717) is 17.5 Å². The van der Waals surface area contributed by atoms with Crippen LogP contribution in [0.3, 0.4) is 0 Å². The summed E-state index contributed by atoms with van der Waals surface area (Å²) in [5.74, 6) is 1.98. The monoisotopic (exact) mass is 734 g/mol. The molecule has 2 heterocycles. The van der Waals surface area contributed by atoms with Crippen molar-refractivity contribution in [1.29, 1.82) is 0 Å². The lowest BCUT2D eigenvalue weighted by Crippen LogP contribution is -2.34. The first-order chi connectivity index (χ1) is 27.7. The molecule has 1 aliphatic carbocycles. The van der Waals surface area contributed by atoms with E-state index in [-0.39, 0.29) is 10.8 Å². The fraction of sp³-hybridized carbons (Fsp3) is 0.151. The van der Waals surface area contributed by atoms with Gasteiger partial charge in [0.25, 0.3) is 0 Å². The van der Waals surface area contributed by atoms with Crippen molar-refractivity contribution < 1.29 is 0 Å². The smallest absolute Gasteiger partial charge is 0.164 e. The molecule has 0 saturated carbocycles. The highest BCUT2D eigenvalue weighted by molar-refractivity contribution is 6.16. The van der Waals surface area contributed by atoms with Gasteiger partial charge in [-0.25, -0.2) is 15.0 Å². The predicted molar refractivity (Wildman–Crippen MR) is 238 cm³/mol. The molecule has 8 aromatic carbocycles. The number of aromatic nitrogens is 4. The van der Waals surface area contributed by atoms with Crippen LogP contribution in [0.5, 0.6) is 0 Å². The van der Waals surface area contributed by atoms with Gasteiger partial charge in [0.2, 0.25) is 0 Å². The molecule has 0 spiro atoms. The maximum Gasteiger partial charge on any atom is 0.164 e. The van der Waals surface area contributed by atoms with E-state index in [4.69, 9.17) is 15.0 Å². The highest BCUT2D eigenvalue weighted by Crippen LogP contribution is 2.51. The Kier molecular flexibility index (Phi) is 7.34. The van der Waals surface area contributed by atoms with Gasteiger partial charge in [0.1, 0.15) is 0 Å². The van der Waals surface area contributed by atoms with Gasteiger partial charge in [-0.05, 0) is 104 Å². The zero-order valence-electron chi connectivity index (χ0n) is 32.7. The van der Waals surface area contributed by atoms with Crippen LogP contribution in [-0.2, 0) is 10.8 Å². The molecule has 4 heteroatoms. The highest BCUT2D eigenvalue weighted by atomic mass is 15.0. The Bertz CT molecular complexity index is 3240. The minimum atomic E-state index is 0.0672. The standard InChI is InChI=1S/C53H42N4/c1-52(2)27-28-53(3,4)48-44(52)25-26-45-47(48)43-31-35-16-8-9-17-36(35)32-46(43)57(45)40-24-23-37-29-39(22-21-38(37)30-40)50-54-49(34-14-6-5-7-15-34)55-51(56-50)42-20-12-18-33-13-10-11-19-41(33)42/h5-26,29-32H,27-28H2,1-4H3. The van der Waals surface area contributed by atoms with E-state index >= 15 is 0 Å². The lowest BCUT2D eigenvalue weighted by atomic mass is 9.62. The van der Waals surface area contributed by atoms with Crippen molar-refractivity contribution in [3.63, 3.8) is 0 Å². The Morgan fingerprint density at radius 3 is 1.89 bits per heavy atom. The summed E-state index contributed by atoms with van der Waals surface area (Å²) in [4.78, 5) is 15.2. The number of nitrogens with zero attached hydrogens (tertiary/aromatic N) is 4. The third-order valence-electron chi connectivity index (χ3n) is 12.6. The average Bonchev–Trinajstić information content (AvgIpc) is 3.56. The lowest BCUT2D eigenvalue weighted by Gasteiger charge is -2.42. The van der Waals surface area contributed by atoms with Crippen LogP contribution < -0.4 is 0 Å². The van der Waals surface area contributed by atoms with Gasteiger partial charge in [-0.15, -0.1) is 0 Å². The molecule has 0 fully saturated rings. The second-order valence-electron chi connectivity index (χ2n) is 17.1. The molecule has 0 atom stereocenters. The van der Waals surface area contributed by atoms with E-state index in [2.05, 4.69) is 172 Å². The predicted octanol–water partition coefficient (Wildman–Crippen LogP) is 13.8. The first-order valence-corrected chi connectivity index (χ1v) is 20.1. The molecular formula is C53H42N4. The summed E-state index contributed by atoms with van der Waals surface area (Å²) in [6.45, 7) is 9.73. The summed E-state index contributed by atoms with van der Waals surface area (Å²) in [6, 6.07) is 56.8. The van der Waals surface area contributed by atoms with E-state index in [1.807, 2.05) is 18.2 Å². The van der Waals surface area contributed by atoms with Crippen molar-refractivity contribution in [2.75, 3.05) is 0 Å². The molecule has 4 nitrogen and oxygen atoms in total. The van der Waals surface area contributed by atoms with Crippen LogP contribution in [0.25, 0.3) is 94.0 Å². The number of hydrogen-bond acceptors (Lipinski definition) is 3. The topological polar surface area (TPSA) is 43.6 Å². The van der Waals surface area contributed by atoms with Crippen LogP contribution in [0.2, 0.25) is 0 Å². The van der Waals surface area contributed by atoms with E-state index < -0.39 is 0 Å². The molecule has 11 rings (SSSR count). The molecule has 0 saturated heterocycles. The van der Waals surface area contributed by atoms with Gasteiger partial charge in [-0.3, -0.25) is 0 Å². The molecule has 2 aromatic heterocycles. The summed E-state index contributed by atoms with van der Waals surface area (Å²) in [5.41, 5.74) is 9.76. The van der Waals surface area contributed by atoms with Crippen molar-refractivity contribution in [2.45, 2.75) is 51.4 Å². The number of benzene rings is 8. The summed E-state index contributed by atoms with van der Waals surface area (Å²) < 4.78 is 2.50. The van der Waals surface area contributed by atoms with Crippen molar-refractivity contribution in [3.05, 3.63) is 169 Å². The Labute approximate surface area is 332 Å². The fourth-order valence-electron chi connectivity index (χ4n) is 9.50. The Morgan fingerprint density at radius 1 is 0.439 bits per heavy atom. The Hall–Kier alpha value is -6.65. The van der Waals surface area contributed by atoms with Crippen LogP contribution >= 0.6 is 0 Å². The quantitative estimate of drug-likeness (QED) is 0.181. The molecule has 0 amide bonds. The maximum atomic E-state index is 5.14. The van der Waals surface area contributed by atoms with Gasteiger partial charge in [0.05, 0.1) is 11.0 Å². The Morgan fingerprint density at radius 2 is 1.07 bits per heavy atom. The average molecular weight is 735 g/mol. The zero-order chi connectivity index (χ0) is 38.5. The third-order valence-corrected chi connectivity index (χ3v) is 12.6. The largest absolute Gasteiger partial charge is 0.309 e. The maximum absolute atomic E-state index is 5.14. The van der Waals surface area contributed by atoms with E-state index in [9.17, 15) is 0 Å². The summed E-state index contributed by atoms with van der Waals surface area (Å²) in [7, 11) is 0. The number of hydrogen-bond donors (Lipinski definition) is 0. The van der Waals surface area contributed by atoms with Crippen molar-refractivity contribution >= 4 is 54.1 Å². The summed E-state index contributed by atoms with van der Waals surface area (Å²) in [6.07, 6.45) is 2.36. The van der Waals surface area contributed by atoms with Crippen LogP contribution in [0, 0.1) is 0 Å². The van der Waals surface area contributed by atoms with Gasteiger partial charge in [0.15, 0.2) is 17.5 Å². The van der Waals surface area contributed by atoms with Gasteiger partial charge in [-0.2, -0.15) is 0 Å². The molecule has 274 valence electrons. The summed E-state index contributed by atoms with van der Waals surface area (Å²) >= 11 is 0. The number of rotatable bonds is 4. The third kappa shape index (κ3) is 5.38. The van der Waals surface area contributed by atoms with Gasteiger partial charge >= 0.3 is 0 Å². The zero-order valence-corrected chi connectivity index (χ0v) is 32.7. The first kappa shape index (κ1) is 33.7.